The second-order valence-corrected chi connectivity index (χ2v) is 4.60. The number of hydrogen-bond acceptors (Lipinski definition) is 3. The van der Waals surface area contributed by atoms with Gasteiger partial charge in [-0.15, -0.1) is 0 Å². The molecule has 0 bridgehead atoms. The van der Waals surface area contributed by atoms with Gasteiger partial charge in [-0.25, -0.2) is 0 Å². The molecule has 0 spiro atoms. The third-order valence-corrected chi connectivity index (χ3v) is 3.25. The summed E-state index contributed by atoms with van der Waals surface area (Å²) in [5.41, 5.74) is 2.47. The van der Waals surface area contributed by atoms with E-state index in [2.05, 4.69) is 19.1 Å². The number of hydrogen-bond donors (Lipinski definition) is 0. The van der Waals surface area contributed by atoms with E-state index in [1.165, 1.54) is 11.1 Å². The van der Waals surface area contributed by atoms with Crippen molar-refractivity contribution in [3.8, 4) is 5.75 Å². The minimum Gasteiger partial charge on any atom is -0.546 e. The number of ether oxygens (including phenoxy) is 1. The summed E-state index contributed by atoms with van der Waals surface area (Å²) in [4.78, 5) is 10.3. The predicted molar refractivity (Wildman–Crippen MR) is 75.5 cm³/mol. The maximum absolute atomic E-state index is 10.3. The van der Waals surface area contributed by atoms with E-state index >= 15 is 0 Å². The van der Waals surface area contributed by atoms with Crippen LogP contribution in [0.3, 0.4) is 0 Å². The number of rotatable bonds is 6. The summed E-state index contributed by atoms with van der Waals surface area (Å²) < 4.78 is 5.08. The van der Waals surface area contributed by atoms with Crippen LogP contribution in [0, 0.1) is 0 Å². The van der Waals surface area contributed by atoms with Gasteiger partial charge < -0.3 is 14.6 Å². The number of carbonyl (C=O) groups is 1. The van der Waals surface area contributed by atoms with Crippen molar-refractivity contribution in [2.45, 2.75) is 19.3 Å². The molecule has 2 rings (SSSR count). The number of carboxylic acids is 1. The molecule has 2 aromatic carbocycles. The predicted octanol–water partition coefficient (Wildman–Crippen LogP) is -0.639. The maximum Gasteiger partial charge on any atom is 1.00 e. The van der Waals surface area contributed by atoms with E-state index in [9.17, 15) is 9.90 Å². The Balaban J connectivity index is 0.00000220. The zero-order valence-corrected chi connectivity index (χ0v) is 15.5. The van der Waals surface area contributed by atoms with Gasteiger partial charge in [0, 0.05) is 5.92 Å². The molecule has 4 heteroatoms. The molecule has 2 aromatic rings. The summed E-state index contributed by atoms with van der Waals surface area (Å²) in [5, 5.41) is 10.3. The Labute approximate surface area is 167 Å². The van der Waals surface area contributed by atoms with Crippen LogP contribution in [0.25, 0.3) is 0 Å². The van der Waals surface area contributed by atoms with Crippen LogP contribution >= 0.6 is 0 Å². The first-order valence-electron chi connectivity index (χ1n) is 6.68. The molecule has 104 valence electrons. The molecule has 0 heterocycles. The zero-order valence-electron chi connectivity index (χ0n) is 12.4. The molecule has 0 aliphatic rings. The molecule has 0 saturated heterocycles. The Morgan fingerprint density at radius 3 is 2.14 bits per heavy atom. The number of aliphatic carboxylic acids is 1. The van der Waals surface area contributed by atoms with Crippen molar-refractivity contribution in [1.82, 2.24) is 0 Å². The summed E-state index contributed by atoms with van der Waals surface area (Å²) in [6.45, 7) is 1.73. The average Bonchev–Trinajstić information content (AvgIpc) is 2.48. The van der Waals surface area contributed by atoms with Crippen molar-refractivity contribution in [2.75, 3.05) is 6.61 Å². The first-order valence-corrected chi connectivity index (χ1v) is 6.68. The van der Waals surface area contributed by atoms with E-state index in [1.54, 1.807) is 12.1 Å². The third-order valence-electron chi connectivity index (χ3n) is 3.25. The third kappa shape index (κ3) is 5.56. The quantitative estimate of drug-likeness (QED) is 0.667. The molecule has 3 nitrogen and oxygen atoms in total. The van der Waals surface area contributed by atoms with Crippen LogP contribution in [0.4, 0.5) is 0 Å². The van der Waals surface area contributed by atoms with Crippen LogP contribution in [-0.2, 0) is 4.79 Å². The molecule has 0 aliphatic heterocycles. The van der Waals surface area contributed by atoms with Crippen LogP contribution in [0.15, 0.2) is 54.6 Å². The molecule has 0 radical (unpaired) electrons. The van der Waals surface area contributed by atoms with Gasteiger partial charge in [-0.1, -0.05) is 49.4 Å². The smallest absolute Gasteiger partial charge is 0.546 e. The van der Waals surface area contributed by atoms with Crippen LogP contribution < -0.4 is 61.2 Å². The van der Waals surface area contributed by atoms with E-state index < -0.39 is 12.6 Å². The van der Waals surface area contributed by atoms with E-state index in [-0.39, 0.29) is 51.4 Å². The van der Waals surface area contributed by atoms with Gasteiger partial charge in [-0.05, 0) is 29.7 Å². The second kappa shape index (κ2) is 9.38. The van der Waals surface area contributed by atoms with Gasteiger partial charge in [-0.2, -0.15) is 0 Å². The van der Waals surface area contributed by atoms with Crippen LogP contribution in [-0.4, -0.2) is 12.6 Å². The Bertz CT molecular complexity index is 552. The largest absolute Gasteiger partial charge is 1.00 e. The molecule has 1 atom stereocenters. The monoisotopic (exact) mass is 308 g/mol. The average molecular weight is 308 g/mol. The first kappa shape index (κ1) is 18.4. The first-order chi connectivity index (χ1) is 9.70. The summed E-state index contributed by atoms with van der Waals surface area (Å²) >= 11 is 0. The Kier molecular flexibility index (Phi) is 8.22. The molecular formula is C17H17KO3. The van der Waals surface area contributed by atoms with Crippen molar-refractivity contribution in [2.24, 2.45) is 0 Å². The normalized spacial score (nSPS) is 11.3. The molecule has 0 aliphatic carbocycles. The molecule has 0 aromatic heterocycles. The van der Waals surface area contributed by atoms with E-state index in [1.807, 2.05) is 30.3 Å². The summed E-state index contributed by atoms with van der Waals surface area (Å²) in [6, 6.07) is 17.9. The van der Waals surface area contributed by atoms with Crippen molar-refractivity contribution in [3.63, 3.8) is 0 Å². The molecule has 0 fully saturated rings. The van der Waals surface area contributed by atoms with Gasteiger partial charge in [0.2, 0.25) is 0 Å². The summed E-state index contributed by atoms with van der Waals surface area (Å²) in [5.74, 6) is -0.336. The fraction of sp³-hybridized carbons (Fsp3) is 0.235. The zero-order chi connectivity index (χ0) is 14.4. The number of carbonyl (C=O) groups excluding carboxylic acids is 1. The SMILES string of the molecule is CCC(c1ccccc1)c1ccc(OCC(=O)[O-])cc1.[K+]. The Morgan fingerprint density at radius 2 is 1.62 bits per heavy atom. The van der Waals surface area contributed by atoms with Gasteiger partial charge in [0.1, 0.15) is 12.4 Å². The molecule has 1 unspecified atom stereocenters. The van der Waals surface area contributed by atoms with Crippen molar-refractivity contribution in [3.05, 3.63) is 65.7 Å². The second-order valence-electron chi connectivity index (χ2n) is 4.60. The van der Waals surface area contributed by atoms with Crippen molar-refractivity contribution >= 4 is 5.97 Å². The van der Waals surface area contributed by atoms with Gasteiger partial charge in [0.05, 0.1) is 5.97 Å². The minimum atomic E-state index is -1.22. The van der Waals surface area contributed by atoms with Gasteiger partial charge in [0.15, 0.2) is 0 Å². The fourth-order valence-electron chi connectivity index (χ4n) is 2.29. The maximum atomic E-state index is 10.3. The van der Waals surface area contributed by atoms with E-state index in [0.717, 1.165) is 6.42 Å². The van der Waals surface area contributed by atoms with Crippen LogP contribution in [0.5, 0.6) is 5.75 Å². The summed E-state index contributed by atoms with van der Waals surface area (Å²) in [7, 11) is 0. The van der Waals surface area contributed by atoms with Gasteiger partial charge in [0.25, 0.3) is 0 Å². The molecule has 21 heavy (non-hydrogen) atoms. The molecule has 0 N–H and O–H groups in total. The fourth-order valence-corrected chi connectivity index (χ4v) is 2.29. The van der Waals surface area contributed by atoms with Crippen molar-refractivity contribution < 1.29 is 66.0 Å². The Hall–Kier alpha value is -0.654. The van der Waals surface area contributed by atoms with Gasteiger partial charge >= 0.3 is 51.4 Å². The molecule has 0 amide bonds. The standard InChI is InChI=1S/C17H18O3.K/c1-2-16(13-6-4-3-5-7-13)14-8-10-15(11-9-14)20-12-17(18)19;/h3-11,16H,2,12H2,1H3,(H,18,19);/q;+1/p-1. The van der Waals surface area contributed by atoms with Crippen molar-refractivity contribution in [1.29, 1.82) is 0 Å². The number of carboxylic acid groups (broad SMARTS) is 1. The topological polar surface area (TPSA) is 49.4 Å². The van der Waals surface area contributed by atoms with E-state index in [0.29, 0.717) is 11.7 Å². The molecular weight excluding hydrogens is 291 g/mol. The van der Waals surface area contributed by atoms with E-state index in [4.69, 9.17) is 4.74 Å². The number of benzene rings is 2. The summed E-state index contributed by atoms with van der Waals surface area (Å²) in [6.07, 6.45) is 1.00. The molecule has 0 saturated carbocycles. The Morgan fingerprint density at radius 1 is 1.05 bits per heavy atom. The van der Waals surface area contributed by atoms with Crippen LogP contribution in [0.2, 0.25) is 0 Å². The minimum absolute atomic E-state index is 0. The van der Waals surface area contributed by atoms with Gasteiger partial charge in [-0.3, -0.25) is 0 Å². The van der Waals surface area contributed by atoms with Crippen LogP contribution in [0.1, 0.15) is 30.4 Å².